The van der Waals surface area contributed by atoms with Crippen LogP contribution in [-0.4, -0.2) is 18.5 Å². The van der Waals surface area contributed by atoms with Gasteiger partial charge in [-0.3, -0.25) is 9.59 Å². The Hall–Kier alpha value is -4.19. The molecule has 0 spiro atoms. The van der Waals surface area contributed by atoms with E-state index in [9.17, 15) is 14.4 Å². The number of benzene rings is 3. The summed E-state index contributed by atoms with van der Waals surface area (Å²) >= 11 is 0. The topological polar surface area (TPSA) is 85.6 Å². The maximum absolute atomic E-state index is 12.9. The molecular formula is C29H27NO5. The van der Waals surface area contributed by atoms with Crippen molar-refractivity contribution in [3.8, 4) is 11.3 Å². The molecule has 1 heterocycles. The van der Waals surface area contributed by atoms with Gasteiger partial charge in [0.25, 0.3) is 5.91 Å². The van der Waals surface area contributed by atoms with Gasteiger partial charge in [-0.25, -0.2) is 4.79 Å². The van der Waals surface area contributed by atoms with Gasteiger partial charge in [-0.15, -0.1) is 0 Å². The minimum absolute atomic E-state index is 0.114. The number of fused-ring (bicyclic) bond motifs is 1. The molecular weight excluding hydrogens is 442 g/mol. The Morgan fingerprint density at radius 3 is 2.46 bits per heavy atom. The average molecular weight is 470 g/mol. The molecule has 35 heavy (non-hydrogen) atoms. The van der Waals surface area contributed by atoms with Crippen molar-refractivity contribution in [3.05, 3.63) is 99.2 Å². The monoisotopic (exact) mass is 469 g/mol. The van der Waals surface area contributed by atoms with Crippen LogP contribution < -0.4 is 10.7 Å². The number of carbonyl (C=O) groups is 2. The highest BCUT2D eigenvalue weighted by Crippen LogP contribution is 2.26. The standard InChI is InChI=1S/C29H27NO5/c1-4-5-14-34-29(33)22-8-6-7-9-24(22)30-28(32)21-12-10-20(11-13-21)26-17-25(31)23-16-18(2)15-19(3)27(23)35-26/h6-13,15-17H,4-5,14H2,1-3H3,(H,30,32). The van der Waals surface area contributed by atoms with Gasteiger partial charge in [-0.2, -0.15) is 0 Å². The number of para-hydroxylation sites is 1. The van der Waals surface area contributed by atoms with Crippen LogP contribution in [0.2, 0.25) is 0 Å². The second-order valence-electron chi connectivity index (χ2n) is 8.50. The summed E-state index contributed by atoms with van der Waals surface area (Å²) in [6, 6.07) is 18.8. The lowest BCUT2D eigenvalue weighted by Crippen LogP contribution is -2.16. The number of esters is 1. The number of hydrogen-bond donors (Lipinski definition) is 1. The van der Waals surface area contributed by atoms with E-state index in [0.717, 1.165) is 24.0 Å². The average Bonchev–Trinajstić information content (AvgIpc) is 2.85. The molecule has 0 aliphatic heterocycles. The highest BCUT2D eigenvalue weighted by atomic mass is 16.5. The number of nitrogens with one attached hydrogen (secondary N) is 1. The van der Waals surface area contributed by atoms with Crippen LogP contribution in [-0.2, 0) is 4.74 Å². The van der Waals surface area contributed by atoms with Crippen LogP contribution >= 0.6 is 0 Å². The van der Waals surface area contributed by atoms with Crippen molar-refractivity contribution in [2.75, 3.05) is 11.9 Å². The normalized spacial score (nSPS) is 10.8. The molecule has 1 aromatic heterocycles. The van der Waals surface area contributed by atoms with Gasteiger partial charge in [0.2, 0.25) is 0 Å². The molecule has 4 rings (SSSR count). The van der Waals surface area contributed by atoms with Crippen LogP contribution in [0.4, 0.5) is 5.69 Å². The van der Waals surface area contributed by atoms with E-state index >= 15 is 0 Å². The van der Waals surface area contributed by atoms with Crippen molar-refractivity contribution < 1.29 is 18.7 Å². The maximum atomic E-state index is 12.9. The Morgan fingerprint density at radius 1 is 0.971 bits per heavy atom. The second kappa shape index (κ2) is 10.4. The second-order valence-corrected chi connectivity index (χ2v) is 8.50. The van der Waals surface area contributed by atoms with Crippen molar-refractivity contribution >= 4 is 28.5 Å². The number of hydrogen-bond acceptors (Lipinski definition) is 5. The van der Waals surface area contributed by atoms with Crippen LogP contribution in [0.15, 0.2) is 75.9 Å². The van der Waals surface area contributed by atoms with E-state index in [1.165, 1.54) is 6.07 Å². The minimum atomic E-state index is -0.471. The number of unbranched alkanes of at least 4 members (excludes halogenated alkanes) is 1. The van der Waals surface area contributed by atoms with Crippen LogP contribution in [0, 0.1) is 13.8 Å². The fourth-order valence-corrected chi connectivity index (χ4v) is 3.89. The lowest BCUT2D eigenvalue weighted by atomic mass is 10.1. The molecule has 0 aliphatic rings. The van der Waals surface area contributed by atoms with Gasteiger partial charge >= 0.3 is 5.97 Å². The van der Waals surface area contributed by atoms with Gasteiger partial charge in [0.15, 0.2) is 5.43 Å². The molecule has 0 atom stereocenters. The summed E-state index contributed by atoms with van der Waals surface area (Å²) in [5.74, 6) is -0.403. The van der Waals surface area contributed by atoms with E-state index in [1.807, 2.05) is 32.9 Å². The number of amides is 1. The first-order valence-corrected chi connectivity index (χ1v) is 11.6. The molecule has 0 bridgehead atoms. The highest BCUT2D eigenvalue weighted by Gasteiger charge is 2.16. The predicted molar refractivity (Wildman–Crippen MR) is 137 cm³/mol. The summed E-state index contributed by atoms with van der Waals surface area (Å²) in [7, 11) is 0. The Morgan fingerprint density at radius 2 is 1.71 bits per heavy atom. The molecule has 6 nitrogen and oxygen atoms in total. The molecule has 0 fully saturated rings. The van der Waals surface area contributed by atoms with E-state index < -0.39 is 5.97 Å². The summed E-state index contributed by atoms with van der Waals surface area (Å²) in [5.41, 5.74) is 4.10. The Labute approximate surface area is 203 Å². The molecule has 1 N–H and O–H groups in total. The summed E-state index contributed by atoms with van der Waals surface area (Å²) < 4.78 is 11.3. The smallest absolute Gasteiger partial charge is 0.340 e. The quantitative estimate of drug-likeness (QED) is 0.254. The van der Waals surface area contributed by atoms with Crippen molar-refractivity contribution in [3.63, 3.8) is 0 Å². The molecule has 4 aromatic rings. The minimum Gasteiger partial charge on any atom is -0.462 e. The van der Waals surface area contributed by atoms with Crippen molar-refractivity contribution in [2.24, 2.45) is 0 Å². The third-order valence-electron chi connectivity index (χ3n) is 5.72. The largest absolute Gasteiger partial charge is 0.462 e. The van der Waals surface area contributed by atoms with Gasteiger partial charge in [0.1, 0.15) is 11.3 Å². The lowest BCUT2D eigenvalue weighted by molar-refractivity contribution is 0.0501. The number of aryl methyl sites for hydroxylation is 2. The molecule has 0 radical (unpaired) electrons. The van der Waals surface area contributed by atoms with Crippen molar-refractivity contribution in [2.45, 2.75) is 33.6 Å². The lowest BCUT2D eigenvalue weighted by Gasteiger charge is -2.11. The molecule has 0 unspecified atom stereocenters. The zero-order valence-electron chi connectivity index (χ0n) is 20.0. The number of carbonyl (C=O) groups excluding carboxylic acids is 2. The zero-order chi connectivity index (χ0) is 24.9. The highest BCUT2D eigenvalue weighted by molar-refractivity contribution is 6.08. The molecule has 178 valence electrons. The third kappa shape index (κ3) is 5.32. The van der Waals surface area contributed by atoms with Crippen molar-refractivity contribution in [1.82, 2.24) is 0 Å². The first kappa shape index (κ1) is 24.0. The number of rotatable bonds is 7. The maximum Gasteiger partial charge on any atom is 0.340 e. The van der Waals surface area contributed by atoms with Gasteiger partial charge in [0, 0.05) is 17.2 Å². The number of ether oxygens (including phenoxy) is 1. The number of anilines is 1. The summed E-state index contributed by atoms with van der Waals surface area (Å²) in [4.78, 5) is 37.9. The van der Waals surface area contributed by atoms with E-state index in [-0.39, 0.29) is 11.3 Å². The van der Waals surface area contributed by atoms with Crippen LogP contribution in [0.5, 0.6) is 0 Å². The summed E-state index contributed by atoms with van der Waals surface area (Å²) in [6.07, 6.45) is 1.70. The summed E-state index contributed by atoms with van der Waals surface area (Å²) in [6.45, 7) is 6.20. The van der Waals surface area contributed by atoms with Crippen LogP contribution in [0.1, 0.15) is 51.6 Å². The first-order chi connectivity index (χ1) is 16.9. The van der Waals surface area contributed by atoms with Crippen LogP contribution in [0.3, 0.4) is 0 Å². The SMILES string of the molecule is CCCCOC(=O)c1ccccc1NC(=O)c1ccc(-c2cc(=O)c3cc(C)cc(C)c3o2)cc1. The molecule has 6 heteroatoms. The van der Waals surface area contributed by atoms with E-state index in [1.54, 1.807) is 48.5 Å². The Balaban J connectivity index is 1.55. The Bertz CT molecular complexity index is 1450. The van der Waals surface area contributed by atoms with E-state index in [2.05, 4.69) is 5.32 Å². The summed E-state index contributed by atoms with van der Waals surface area (Å²) in [5, 5.41) is 3.34. The van der Waals surface area contributed by atoms with E-state index in [4.69, 9.17) is 9.15 Å². The fourth-order valence-electron chi connectivity index (χ4n) is 3.89. The van der Waals surface area contributed by atoms with Crippen LogP contribution in [0.25, 0.3) is 22.3 Å². The predicted octanol–water partition coefficient (Wildman–Crippen LogP) is 6.29. The fraction of sp³-hybridized carbons (Fsp3) is 0.207. The van der Waals surface area contributed by atoms with Crippen molar-refractivity contribution in [1.29, 1.82) is 0 Å². The first-order valence-electron chi connectivity index (χ1n) is 11.6. The van der Waals surface area contributed by atoms with Gasteiger partial charge in [-0.1, -0.05) is 43.7 Å². The van der Waals surface area contributed by atoms with Gasteiger partial charge in [0.05, 0.1) is 23.2 Å². The molecule has 0 aliphatic carbocycles. The molecule has 0 saturated heterocycles. The molecule has 3 aromatic carbocycles. The van der Waals surface area contributed by atoms with Gasteiger partial charge in [-0.05, 0) is 61.7 Å². The third-order valence-corrected chi connectivity index (χ3v) is 5.72. The molecule has 0 saturated carbocycles. The van der Waals surface area contributed by atoms with Gasteiger partial charge < -0.3 is 14.5 Å². The van der Waals surface area contributed by atoms with E-state index in [0.29, 0.717) is 45.7 Å². The Kier molecular flexibility index (Phi) is 7.11. The molecule has 1 amide bonds. The zero-order valence-corrected chi connectivity index (χ0v) is 20.0.